The number of nitrogens with two attached hydrogens (primary N) is 1. The first-order valence-corrected chi connectivity index (χ1v) is 7.63. The van der Waals surface area contributed by atoms with Gasteiger partial charge in [-0.1, -0.05) is 28.9 Å². The second kappa shape index (κ2) is 7.61. The van der Waals surface area contributed by atoms with Crippen LogP contribution in [0.2, 0.25) is 0 Å². The number of aryl methyl sites for hydroxylation is 1. The molecule has 1 heterocycles. The van der Waals surface area contributed by atoms with E-state index in [9.17, 15) is 4.79 Å². The van der Waals surface area contributed by atoms with Crippen molar-refractivity contribution in [1.82, 2.24) is 4.98 Å². The molecule has 1 aromatic heterocycles. The molecule has 0 unspecified atom stereocenters. The van der Waals surface area contributed by atoms with Crippen LogP contribution in [0.3, 0.4) is 0 Å². The average molecular weight is 315 g/mol. The van der Waals surface area contributed by atoms with E-state index in [0.717, 1.165) is 4.90 Å². The highest BCUT2D eigenvalue weighted by molar-refractivity contribution is 8.00. The Balaban J connectivity index is 1.92. The van der Waals surface area contributed by atoms with E-state index >= 15 is 0 Å². The van der Waals surface area contributed by atoms with Crippen molar-refractivity contribution in [3.63, 3.8) is 0 Å². The summed E-state index contributed by atoms with van der Waals surface area (Å²) in [5.74, 6) is -0.383. The number of amidine groups is 1. The molecule has 0 radical (unpaired) electrons. The van der Waals surface area contributed by atoms with Crippen molar-refractivity contribution in [3.05, 3.63) is 59.9 Å². The Kier molecular flexibility index (Phi) is 5.55. The van der Waals surface area contributed by atoms with Crippen molar-refractivity contribution in [2.75, 3.05) is 0 Å². The first kappa shape index (κ1) is 16.0. The zero-order chi connectivity index (χ0) is 15.9. The molecule has 22 heavy (non-hydrogen) atoms. The summed E-state index contributed by atoms with van der Waals surface area (Å²) in [7, 11) is 0. The molecule has 0 aliphatic carbocycles. The number of aromatic nitrogens is 1. The fourth-order valence-electron chi connectivity index (χ4n) is 1.60. The third-order valence-corrected chi connectivity index (χ3v) is 3.92. The second-order valence-electron chi connectivity index (χ2n) is 4.67. The molecule has 1 atom stereocenters. The molecule has 2 aromatic rings. The van der Waals surface area contributed by atoms with E-state index in [-0.39, 0.29) is 11.1 Å². The van der Waals surface area contributed by atoms with Gasteiger partial charge in [0.1, 0.15) is 10.9 Å². The molecule has 0 aliphatic heterocycles. The Bertz CT molecular complexity index is 657. The number of pyridine rings is 1. The minimum atomic E-state index is -0.454. The van der Waals surface area contributed by atoms with Crippen LogP contribution in [0.15, 0.2) is 58.7 Å². The Hall–Kier alpha value is -2.34. The van der Waals surface area contributed by atoms with Gasteiger partial charge < -0.3 is 10.6 Å². The molecule has 2 N–H and O–H groups in total. The maximum Gasteiger partial charge on any atom is 0.348 e. The van der Waals surface area contributed by atoms with Gasteiger partial charge in [-0.2, -0.15) is 0 Å². The molecule has 0 saturated heterocycles. The van der Waals surface area contributed by atoms with Gasteiger partial charge in [0, 0.05) is 11.1 Å². The highest BCUT2D eigenvalue weighted by Gasteiger charge is 2.16. The standard InChI is InChI=1S/C16H17N3O2S/c1-11-6-8-13(9-7-11)22-12(2)16(20)21-19-15(17)14-5-3-4-10-18-14/h3-10,12H,1-2H3,(H2,17,19)/t12-/m1/s1. The summed E-state index contributed by atoms with van der Waals surface area (Å²) in [4.78, 5) is 21.8. The van der Waals surface area contributed by atoms with Gasteiger partial charge in [0.15, 0.2) is 5.84 Å². The number of carbonyl (C=O) groups excluding carboxylic acids is 1. The molecule has 0 saturated carbocycles. The fraction of sp³-hybridized carbons (Fsp3) is 0.188. The predicted molar refractivity (Wildman–Crippen MR) is 87.6 cm³/mol. The number of benzene rings is 1. The number of thioether (sulfide) groups is 1. The van der Waals surface area contributed by atoms with Crippen LogP contribution in [-0.2, 0) is 9.63 Å². The van der Waals surface area contributed by atoms with Crippen molar-refractivity contribution in [3.8, 4) is 0 Å². The summed E-state index contributed by atoms with van der Waals surface area (Å²) >= 11 is 1.41. The first-order valence-electron chi connectivity index (χ1n) is 6.75. The number of carbonyl (C=O) groups is 1. The normalized spacial score (nSPS) is 12.7. The van der Waals surface area contributed by atoms with E-state index in [1.165, 1.54) is 17.3 Å². The number of hydrogen-bond acceptors (Lipinski definition) is 5. The zero-order valence-electron chi connectivity index (χ0n) is 12.4. The summed E-state index contributed by atoms with van der Waals surface area (Å²) in [6.45, 7) is 3.78. The summed E-state index contributed by atoms with van der Waals surface area (Å²) in [6.07, 6.45) is 1.59. The van der Waals surface area contributed by atoms with E-state index < -0.39 is 5.97 Å². The lowest BCUT2D eigenvalue weighted by Gasteiger charge is -2.08. The van der Waals surface area contributed by atoms with Crippen LogP contribution >= 0.6 is 11.8 Å². The van der Waals surface area contributed by atoms with Gasteiger partial charge in [0.05, 0.1) is 0 Å². The maximum atomic E-state index is 11.9. The molecule has 114 valence electrons. The molecule has 0 aliphatic rings. The van der Waals surface area contributed by atoms with Gasteiger partial charge >= 0.3 is 5.97 Å². The SMILES string of the molecule is Cc1ccc(S[C@H](C)C(=O)O/N=C(/N)c2ccccn2)cc1. The lowest BCUT2D eigenvalue weighted by molar-refractivity contribution is -0.142. The van der Waals surface area contributed by atoms with Crippen molar-refractivity contribution in [2.45, 2.75) is 24.0 Å². The van der Waals surface area contributed by atoms with E-state index in [4.69, 9.17) is 10.6 Å². The third-order valence-electron chi connectivity index (χ3n) is 2.83. The molecule has 1 aromatic carbocycles. The molecule has 5 nitrogen and oxygen atoms in total. The van der Waals surface area contributed by atoms with Crippen LogP contribution in [-0.4, -0.2) is 22.0 Å². The smallest absolute Gasteiger partial charge is 0.348 e. The van der Waals surface area contributed by atoms with E-state index in [1.54, 1.807) is 31.3 Å². The molecule has 0 bridgehead atoms. The summed E-state index contributed by atoms with van der Waals surface area (Å²) < 4.78 is 0. The van der Waals surface area contributed by atoms with Gasteiger partial charge in [0.2, 0.25) is 0 Å². The quantitative estimate of drug-likeness (QED) is 0.302. The summed E-state index contributed by atoms with van der Waals surface area (Å²) in [5.41, 5.74) is 7.36. The van der Waals surface area contributed by atoms with Gasteiger partial charge in [-0.3, -0.25) is 4.98 Å². The second-order valence-corrected chi connectivity index (χ2v) is 6.09. The van der Waals surface area contributed by atoms with Crippen molar-refractivity contribution in [1.29, 1.82) is 0 Å². The van der Waals surface area contributed by atoms with Crippen molar-refractivity contribution in [2.24, 2.45) is 10.9 Å². The van der Waals surface area contributed by atoms with Crippen LogP contribution in [0.5, 0.6) is 0 Å². The average Bonchev–Trinajstić information content (AvgIpc) is 2.55. The Morgan fingerprint density at radius 2 is 2.00 bits per heavy atom. The number of oxime groups is 1. The lowest BCUT2D eigenvalue weighted by Crippen LogP contribution is -2.19. The zero-order valence-corrected chi connectivity index (χ0v) is 13.2. The lowest BCUT2D eigenvalue weighted by atomic mass is 10.2. The monoisotopic (exact) mass is 315 g/mol. The third kappa shape index (κ3) is 4.60. The largest absolute Gasteiger partial charge is 0.379 e. The Labute approximate surface area is 133 Å². The van der Waals surface area contributed by atoms with Gasteiger partial charge in [-0.25, -0.2) is 4.79 Å². The molecular weight excluding hydrogens is 298 g/mol. The molecule has 0 fully saturated rings. The van der Waals surface area contributed by atoms with Crippen LogP contribution in [0.1, 0.15) is 18.2 Å². The highest BCUT2D eigenvalue weighted by atomic mass is 32.2. The maximum absolute atomic E-state index is 11.9. The van der Waals surface area contributed by atoms with Gasteiger partial charge in [-0.15, -0.1) is 11.8 Å². The fourth-order valence-corrected chi connectivity index (χ4v) is 2.44. The molecule has 2 rings (SSSR count). The van der Waals surface area contributed by atoms with Crippen LogP contribution in [0.25, 0.3) is 0 Å². The molecular formula is C16H17N3O2S. The van der Waals surface area contributed by atoms with Crippen LogP contribution in [0, 0.1) is 6.92 Å². The van der Waals surface area contributed by atoms with E-state index in [1.807, 2.05) is 31.2 Å². The summed E-state index contributed by atoms with van der Waals surface area (Å²) in [6, 6.07) is 13.2. The molecule has 6 heteroatoms. The van der Waals surface area contributed by atoms with Crippen LogP contribution in [0.4, 0.5) is 0 Å². The van der Waals surface area contributed by atoms with Crippen LogP contribution < -0.4 is 5.73 Å². The van der Waals surface area contributed by atoms with Crippen molar-refractivity contribution < 1.29 is 9.63 Å². The molecule has 0 amide bonds. The van der Waals surface area contributed by atoms with Gasteiger partial charge in [0.25, 0.3) is 0 Å². The highest BCUT2D eigenvalue weighted by Crippen LogP contribution is 2.24. The van der Waals surface area contributed by atoms with Crippen molar-refractivity contribution >= 4 is 23.6 Å². The predicted octanol–water partition coefficient (Wildman–Crippen LogP) is 2.73. The Morgan fingerprint density at radius 3 is 2.64 bits per heavy atom. The summed E-state index contributed by atoms with van der Waals surface area (Å²) in [5, 5.41) is 3.25. The topological polar surface area (TPSA) is 77.6 Å². The van der Waals surface area contributed by atoms with E-state index in [2.05, 4.69) is 10.1 Å². The van der Waals surface area contributed by atoms with Gasteiger partial charge in [-0.05, 0) is 38.1 Å². The Morgan fingerprint density at radius 1 is 1.27 bits per heavy atom. The number of rotatable bonds is 5. The number of nitrogens with zero attached hydrogens (tertiary/aromatic N) is 2. The molecule has 0 spiro atoms. The first-order chi connectivity index (χ1) is 10.6. The van der Waals surface area contributed by atoms with E-state index in [0.29, 0.717) is 5.69 Å². The minimum absolute atomic E-state index is 0.0708. The number of hydrogen-bond donors (Lipinski definition) is 1. The minimum Gasteiger partial charge on any atom is -0.379 e.